The van der Waals surface area contributed by atoms with E-state index in [1.807, 2.05) is 0 Å². The first kappa shape index (κ1) is 13.8. The van der Waals surface area contributed by atoms with Crippen LogP contribution in [0.15, 0.2) is 28.8 Å². The predicted molar refractivity (Wildman–Crippen MR) is 77.1 cm³/mol. The van der Waals surface area contributed by atoms with Crippen LogP contribution < -0.4 is 0 Å². The Balaban J connectivity index is 1.86. The normalized spacial score (nSPS) is 20.6. The summed E-state index contributed by atoms with van der Waals surface area (Å²) in [5.41, 5.74) is 1.21. The first-order valence-electron chi connectivity index (χ1n) is 7.15. The molecule has 0 amide bonds. The monoisotopic (exact) mass is 286 g/mol. The van der Waals surface area contributed by atoms with Crippen molar-refractivity contribution in [3.8, 4) is 11.4 Å². The Bertz CT molecular complexity index is 658. The van der Waals surface area contributed by atoms with Crippen LogP contribution in [0, 0.1) is 5.41 Å². The zero-order valence-electron chi connectivity index (χ0n) is 12.2. The molecule has 3 rings (SSSR count). The molecule has 1 aliphatic carbocycles. The summed E-state index contributed by atoms with van der Waals surface area (Å²) in [7, 11) is 0. The Morgan fingerprint density at radius 2 is 2.05 bits per heavy atom. The molecule has 1 N–H and O–H groups in total. The first-order valence-corrected chi connectivity index (χ1v) is 7.15. The molecule has 1 saturated carbocycles. The number of hydrogen-bond donors (Lipinski definition) is 1. The molecule has 1 aromatic carbocycles. The van der Waals surface area contributed by atoms with Gasteiger partial charge in [0.25, 0.3) is 0 Å². The molecule has 1 fully saturated rings. The third kappa shape index (κ3) is 2.55. The van der Waals surface area contributed by atoms with Crippen LogP contribution in [0.2, 0.25) is 0 Å². The van der Waals surface area contributed by atoms with E-state index in [0.29, 0.717) is 17.6 Å². The second-order valence-electron chi connectivity index (χ2n) is 6.27. The van der Waals surface area contributed by atoms with Gasteiger partial charge in [0.2, 0.25) is 11.7 Å². The summed E-state index contributed by atoms with van der Waals surface area (Å²) < 4.78 is 5.44. The maximum absolute atomic E-state index is 10.8. The van der Waals surface area contributed by atoms with Crippen molar-refractivity contribution in [1.29, 1.82) is 0 Å². The molecule has 1 unspecified atom stereocenters. The summed E-state index contributed by atoms with van der Waals surface area (Å²) in [5.74, 6) is 0.569. The van der Waals surface area contributed by atoms with Crippen molar-refractivity contribution < 1.29 is 14.4 Å². The average Bonchev–Trinajstić information content (AvgIpc) is 3.04. The van der Waals surface area contributed by atoms with E-state index in [4.69, 9.17) is 9.63 Å². The van der Waals surface area contributed by atoms with E-state index >= 15 is 0 Å². The Morgan fingerprint density at radius 1 is 1.33 bits per heavy atom. The molecule has 1 aromatic heterocycles. The van der Waals surface area contributed by atoms with Gasteiger partial charge in [-0.25, -0.2) is 4.79 Å². The lowest BCUT2D eigenvalue weighted by Crippen LogP contribution is -2.15. The lowest BCUT2D eigenvalue weighted by molar-refractivity contribution is 0.0697. The van der Waals surface area contributed by atoms with Crippen molar-refractivity contribution in [1.82, 2.24) is 10.1 Å². The molecule has 21 heavy (non-hydrogen) atoms. The molecule has 110 valence electrons. The number of hydrogen-bond acceptors (Lipinski definition) is 4. The number of carboxylic acid groups (broad SMARTS) is 1. The van der Waals surface area contributed by atoms with Gasteiger partial charge in [-0.15, -0.1) is 0 Å². The van der Waals surface area contributed by atoms with E-state index in [2.05, 4.69) is 24.0 Å². The van der Waals surface area contributed by atoms with Crippen LogP contribution in [0.4, 0.5) is 0 Å². The second kappa shape index (κ2) is 4.98. The fraction of sp³-hybridized carbons (Fsp3) is 0.438. The van der Waals surface area contributed by atoms with Gasteiger partial charge in [0, 0.05) is 11.5 Å². The van der Waals surface area contributed by atoms with Gasteiger partial charge in [0.1, 0.15) is 0 Å². The molecule has 1 aliphatic rings. The van der Waals surface area contributed by atoms with Gasteiger partial charge in [-0.1, -0.05) is 37.6 Å². The van der Waals surface area contributed by atoms with Crippen LogP contribution in [-0.4, -0.2) is 21.2 Å². The highest BCUT2D eigenvalue weighted by molar-refractivity contribution is 5.88. The minimum absolute atomic E-state index is 0.191. The van der Waals surface area contributed by atoms with Gasteiger partial charge < -0.3 is 9.63 Å². The van der Waals surface area contributed by atoms with Crippen molar-refractivity contribution in [2.24, 2.45) is 5.41 Å². The fourth-order valence-corrected chi connectivity index (χ4v) is 3.04. The van der Waals surface area contributed by atoms with E-state index in [0.717, 1.165) is 12.0 Å². The quantitative estimate of drug-likeness (QED) is 0.930. The molecule has 0 saturated heterocycles. The minimum atomic E-state index is -0.942. The standard InChI is InChI=1S/C16H18N2O3/c1-16(2)9-3-4-12(16)14-17-13(18-21-14)10-5-7-11(8-6-10)15(19)20/h5-8,12H,3-4,9H2,1-2H3,(H,19,20). The van der Waals surface area contributed by atoms with Gasteiger partial charge in [-0.05, 0) is 30.4 Å². The molecule has 0 radical (unpaired) electrons. The highest BCUT2D eigenvalue weighted by atomic mass is 16.5. The lowest BCUT2D eigenvalue weighted by atomic mass is 9.82. The van der Waals surface area contributed by atoms with Crippen LogP contribution in [0.1, 0.15) is 55.3 Å². The zero-order valence-corrected chi connectivity index (χ0v) is 12.2. The van der Waals surface area contributed by atoms with Crippen LogP contribution in [0.3, 0.4) is 0 Å². The van der Waals surface area contributed by atoms with Crippen molar-refractivity contribution >= 4 is 5.97 Å². The van der Waals surface area contributed by atoms with Crippen LogP contribution >= 0.6 is 0 Å². The molecule has 0 bridgehead atoms. The summed E-state index contributed by atoms with van der Waals surface area (Å²) in [6, 6.07) is 6.51. The number of nitrogens with zero attached hydrogens (tertiary/aromatic N) is 2. The summed E-state index contributed by atoms with van der Waals surface area (Å²) >= 11 is 0. The topological polar surface area (TPSA) is 76.2 Å². The molecular weight excluding hydrogens is 268 g/mol. The van der Waals surface area contributed by atoms with Gasteiger partial charge in [-0.3, -0.25) is 0 Å². The maximum atomic E-state index is 10.8. The summed E-state index contributed by atoms with van der Waals surface area (Å²) in [6.07, 6.45) is 3.43. The Morgan fingerprint density at radius 3 is 2.62 bits per heavy atom. The smallest absolute Gasteiger partial charge is 0.335 e. The van der Waals surface area contributed by atoms with E-state index < -0.39 is 5.97 Å². The highest BCUT2D eigenvalue weighted by Crippen LogP contribution is 2.48. The highest BCUT2D eigenvalue weighted by Gasteiger charge is 2.39. The molecule has 1 heterocycles. The average molecular weight is 286 g/mol. The lowest BCUT2D eigenvalue weighted by Gasteiger charge is -2.23. The van der Waals surface area contributed by atoms with Gasteiger partial charge in [0.05, 0.1) is 5.56 Å². The molecule has 0 aliphatic heterocycles. The third-order valence-electron chi connectivity index (χ3n) is 4.39. The maximum Gasteiger partial charge on any atom is 0.335 e. The van der Waals surface area contributed by atoms with E-state index in [1.54, 1.807) is 24.3 Å². The van der Waals surface area contributed by atoms with Crippen molar-refractivity contribution in [3.05, 3.63) is 35.7 Å². The van der Waals surface area contributed by atoms with Gasteiger partial charge in [-0.2, -0.15) is 4.98 Å². The predicted octanol–water partition coefficient (Wildman–Crippen LogP) is 3.73. The summed E-state index contributed by atoms with van der Waals surface area (Å²) in [6.45, 7) is 4.46. The molecule has 5 heteroatoms. The number of benzene rings is 1. The number of carboxylic acids is 1. The number of carbonyl (C=O) groups is 1. The molecule has 1 atom stereocenters. The molecule has 5 nitrogen and oxygen atoms in total. The van der Waals surface area contributed by atoms with E-state index in [1.165, 1.54) is 12.8 Å². The van der Waals surface area contributed by atoms with E-state index in [-0.39, 0.29) is 11.0 Å². The molecule has 2 aromatic rings. The fourth-order valence-electron chi connectivity index (χ4n) is 3.04. The van der Waals surface area contributed by atoms with Crippen LogP contribution in [0.25, 0.3) is 11.4 Å². The van der Waals surface area contributed by atoms with E-state index in [9.17, 15) is 4.79 Å². The number of aromatic nitrogens is 2. The van der Waals surface area contributed by atoms with Gasteiger partial charge in [0.15, 0.2) is 0 Å². The number of aromatic carboxylic acids is 1. The molecule has 0 spiro atoms. The largest absolute Gasteiger partial charge is 0.478 e. The second-order valence-corrected chi connectivity index (χ2v) is 6.27. The summed E-state index contributed by atoms with van der Waals surface area (Å²) in [5, 5.41) is 12.9. The number of rotatable bonds is 3. The van der Waals surface area contributed by atoms with Gasteiger partial charge >= 0.3 is 5.97 Å². The van der Waals surface area contributed by atoms with Crippen LogP contribution in [0.5, 0.6) is 0 Å². The minimum Gasteiger partial charge on any atom is -0.478 e. The van der Waals surface area contributed by atoms with Crippen molar-refractivity contribution in [2.45, 2.75) is 39.0 Å². The zero-order chi connectivity index (χ0) is 15.0. The Labute approximate surface area is 123 Å². The van der Waals surface area contributed by atoms with Crippen molar-refractivity contribution in [2.75, 3.05) is 0 Å². The summed E-state index contributed by atoms with van der Waals surface area (Å²) in [4.78, 5) is 15.4. The Hall–Kier alpha value is -2.17. The first-order chi connectivity index (χ1) is 9.97. The molecular formula is C16H18N2O3. The van der Waals surface area contributed by atoms with Crippen LogP contribution in [-0.2, 0) is 0 Å². The van der Waals surface area contributed by atoms with Crippen molar-refractivity contribution in [3.63, 3.8) is 0 Å². The Kier molecular flexibility index (Phi) is 3.27. The SMILES string of the molecule is CC1(C)CCCC1c1nc(-c2ccc(C(=O)O)cc2)no1. The third-order valence-corrected chi connectivity index (χ3v) is 4.39.